The maximum Gasteiger partial charge on any atom is 0.0110 e. The molecule has 0 saturated carbocycles. The summed E-state index contributed by atoms with van der Waals surface area (Å²) in [4.78, 5) is 2.53. The first-order chi connectivity index (χ1) is 5.25. The Morgan fingerprint density at radius 3 is 2.27 bits per heavy atom. The second-order valence-corrected chi connectivity index (χ2v) is 3.66. The Hall–Kier alpha value is -0.0800. The van der Waals surface area contributed by atoms with Crippen molar-refractivity contribution in [3.8, 4) is 0 Å². The van der Waals surface area contributed by atoms with E-state index >= 15 is 0 Å². The van der Waals surface area contributed by atoms with Gasteiger partial charge in [-0.1, -0.05) is 6.42 Å². The van der Waals surface area contributed by atoms with Crippen molar-refractivity contribution in [1.29, 1.82) is 0 Å². The van der Waals surface area contributed by atoms with E-state index in [4.69, 9.17) is 5.73 Å². The van der Waals surface area contributed by atoms with Crippen LogP contribution in [0, 0.1) is 0 Å². The average Bonchev–Trinajstić information content (AvgIpc) is 1.97. The van der Waals surface area contributed by atoms with Crippen LogP contribution in [-0.2, 0) is 0 Å². The van der Waals surface area contributed by atoms with Crippen LogP contribution in [0.2, 0.25) is 0 Å². The number of nitrogens with two attached hydrogens (primary N) is 1. The zero-order chi connectivity index (χ0) is 8.27. The van der Waals surface area contributed by atoms with Crippen molar-refractivity contribution in [2.75, 3.05) is 13.1 Å². The summed E-state index contributed by atoms with van der Waals surface area (Å²) in [5.74, 6) is 0. The lowest BCUT2D eigenvalue weighted by Gasteiger charge is -2.38. The normalized spacial score (nSPS) is 34.1. The van der Waals surface area contributed by atoms with E-state index in [1.165, 1.54) is 19.3 Å². The predicted octanol–water partition coefficient (Wildman–Crippen LogP) is 1.21. The SMILES string of the molecule is C[C@@H]1CCC[C@@H](C)N1CCN. The van der Waals surface area contributed by atoms with Crippen LogP contribution in [0.5, 0.6) is 0 Å². The molecule has 0 radical (unpaired) electrons. The van der Waals surface area contributed by atoms with Crippen LogP contribution in [0.25, 0.3) is 0 Å². The summed E-state index contributed by atoms with van der Waals surface area (Å²) in [5.41, 5.74) is 5.54. The third-order valence-corrected chi connectivity index (χ3v) is 2.76. The fourth-order valence-corrected chi connectivity index (χ4v) is 2.06. The van der Waals surface area contributed by atoms with Crippen molar-refractivity contribution in [3.05, 3.63) is 0 Å². The van der Waals surface area contributed by atoms with E-state index in [1.807, 2.05) is 0 Å². The number of likely N-dealkylation sites (tertiary alicyclic amines) is 1. The highest BCUT2D eigenvalue weighted by atomic mass is 15.2. The molecule has 0 aromatic heterocycles. The van der Waals surface area contributed by atoms with Gasteiger partial charge >= 0.3 is 0 Å². The molecule has 0 amide bonds. The summed E-state index contributed by atoms with van der Waals surface area (Å²) in [5, 5.41) is 0. The summed E-state index contributed by atoms with van der Waals surface area (Å²) in [6.07, 6.45) is 4.10. The number of nitrogens with zero attached hydrogens (tertiary/aromatic N) is 1. The molecule has 2 heteroatoms. The van der Waals surface area contributed by atoms with E-state index in [9.17, 15) is 0 Å². The minimum atomic E-state index is 0.752. The summed E-state index contributed by atoms with van der Waals surface area (Å²) in [7, 11) is 0. The van der Waals surface area contributed by atoms with Crippen LogP contribution >= 0.6 is 0 Å². The zero-order valence-corrected chi connectivity index (χ0v) is 7.71. The first-order valence-electron chi connectivity index (χ1n) is 4.71. The molecule has 2 N–H and O–H groups in total. The molecule has 0 aromatic rings. The first-order valence-corrected chi connectivity index (χ1v) is 4.71. The molecular formula is C9H20N2. The fraction of sp³-hybridized carbons (Fsp3) is 1.00. The van der Waals surface area contributed by atoms with E-state index in [-0.39, 0.29) is 0 Å². The van der Waals surface area contributed by atoms with Gasteiger partial charge in [-0.05, 0) is 26.7 Å². The molecule has 0 spiro atoms. The average molecular weight is 156 g/mol. The largest absolute Gasteiger partial charge is 0.329 e. The van der Waals surface area contributed by atoms with Crippen molar-refractivity contribution in [2.45, 2.75) is 45.2 Å². The third kappa shape index (κ3) is 2.17. The van der Waals surface area contributed by atoms with Gasteiger partial charge in [0.2, 0.25) is 0 Å². The van der Waals surface area contributed by atoms with Gasteiger partial charge < -0.3 is 5.73 Å². The van der Waals surface area contributed by atoms with Gasteiger partial charge in [0, 0.05) is 25.2 Å². The van der Waals surface area contributed by atoms with Crippen molar-refractivity contribution >= 4 is 0 Å². The molecule has 0 bridgehead atoms. The summed E-state index contributed by atoms with van der Waals surface area (Å²) in [6.45, 7) is 6.49. The van der Waals surface area contributed by atoms with Crippen molar-refractivity contribution in [2.24, 2.45) is 5.73 Å². The molecule has 1 saturated heterocycles. The second kappa shape index (κ2) is 4.07. The summed E-state index contributed by atoms with van der Waals surface area (Å²) in [6, 6.07) is 1.50. The van der Waals surface area contributed by atoms with Gasteiger partial charge in [0.1, 0.15) is 0 Å². The Kier molecular flexibility index (Phi) is 3.34. The van der Waals surface area contributed by atoms with Crippen LogP contribution in [-0.4, -0.2) is 30.1 Å². The van der Waals surface area contributed by atoms with Crippen molar-refractivity contribution in [1.82, 2.24) is 4.90 Å². The highest BCUT2D eigenvalue weighted by molar-refractivity contribution is 4.79. The smallest absolute Gasteiger partial charge is 0.0110 e. The monoisotopic (exact) mass is 156 g/mol. The Labute approximate surface area is 69.8 Å². The van der Waals surface area contributed by atoms with Crippen LogP contribution in [0.15, 0.2) is 0 Å². The van der Waals surface area contributed by atoms with E-state index < -0.39 is 0 Å². The molecule has 2 nitrogen and oxygen atoms in total. The number of hydrogen-bond donors (Lipinski definition) is 1. The zero-order valence-electron chi connectivity index (χ0n) is 7.71. The maximum atomic E-state index is 5.54. The second-order valence-electron chi connectivity index (χ2n) is 3.66. The van der Waals surface area contributed by atoms with Crippen LogP contribution in [0.1, 0.15) is 33.1 Å². The standard InChI is InChI=1S/C9H20N2/c1-8-4-3-5-9(2)11(8)7-6-10/h8-9H,3-7,10H2,1-2H3/t8-,9-/m1/s1. The molecule has 11 heavy (non-hydrogen) atoms. The Balaban J connectivity index is 2.41. The van der Waals surface area contributed by atoms with Gasteiger partial charge in [-0.2, -0.15) is 0 Å². The number of hydrogen-bond acceptors (Lipinski definition) is 2. The quantitative estimate of drug-likeness (QED) is 0.651. The molecule has 1 fully saturated rings. The Morgan fingerprint density at radius 2 is 1.82 bits per heavy atom. The third-order valence-electron chi connectivity index (χ3n) is 2.76. The van der Waals surface area contributed by atoms with Crippen molar-refractivity contribution in [3.63, 3.8) is 0 Å². The molecule has 0 aliphatic carbocycles. The molecule has 0 aromatic carbocycles. The van der Waals surface area contributed by atoms with Gasteiger partial charge in [0.15, 0.2) is 0 Å². The lowest BCUT2D eigenvalue weighted by molar-refractivity contribution is 0.107. The molecule has 2 atom stereocenters. The van der Waals surface area contributed by atoms with E-state index in [2.05, 4.69) is 18.7 Å². The van der Waals surface area contributed by atoms with Gasteiger partial charge in [0.25, 0.3) is 0 Å². The Bertz CT molecular complexity index is 104. The Morgan fingerprint density at radius 1 is 1.27 bits per heavy atom. The molecular weight excluding hydrogens is 136 g/mol. The first kappa shape index (κ1) is 9.01. The molecule has 1 rings (SSSR count). The van der Waals surface area contributed by atoms with Gasteiger partial charge in [-0.15, -0.1) is 0 Å². The summed E-state index contributed by atoms with van der Waals surface area (Å²) >= 11 is 0. The molecule has 1 aliphatic heterocycles. The topological polar surface area (TPSA) is 29.3 Å². The van der Waals surface area contributed by atoms with Gasteiger partial charge in [-0.25, -0.2) is 0 Å². The molecule has 1 heterocycles. The highest BCUT2D eigenvalue weighted by Gasteiger charge is 2.23. The molecule has 1 aliphatic rings. The minimum absolute atomic E-state index is 0.752. The van der Waals surface area contributed by atoms with Gasteiger partial charge in [0.05, 0.1) is 0 Å². The predicted molar refractivity (Wildman–Crippen MR) is 48.5 cm³/mol. The van der Waals surface area contributed by atoms with E-state index in [0.717, 1.165) is 25.2 Å². The molecule has 0 unspecified atom stereocenters. The minimum Gasteiger partial charge on any atom is -0.329 e. The number of rotatable bonds is 2. The lowest BCUT2D eigenvalue weighted by atomic mass is 9.98. The van der Waals surface area contributed by atoms with Gasteiger partial charge in [-0.3, -0.25) is 4.90 Å². The van der Waals surface area contributed by atoms with Crippen LogP contribution < -0.4 is 5.73 Å². The lowest BCUT2D eigenvalue weighted by Crippen LogP contribution is -2.45. The fourth-order valence-electron chi connectivity index (χ4n) is 2.06. The maximum absolute atomic E-state index is 5.54. The summed E-state index contributed by atoms with van der Waals surface area (Å²) < 4.78 is 0. The van der Waals surface area contributed by atoms with Crippen LogP contribution in [0.3, 0.4) is 0 Å². The van der Waals surface area contributed by atoms with E-state index in [0.29, 0.717) is 0 Å². The molecule has 66 valence electrons. The van der Waals surface area contributed by atoms with E-state index in [1.54, 1.807) is 0 Å². The highest BCUT2D eigenvalue weighted by Crippen LogP contribution is 2.21. The number of piperidine rings is 1. The van der Waals surface area contributed by atoms with Crippen molar-refractivity contribution < 1.29 is 0 Å². The van der Waals surface area contributed by atoms with Crippen LogP contribution in [0.4, 0.5) is 0 Å².